The lowest BCUT2D eigenvalue weighted by Crippen LogP contribution is -2.57. The van der Waals surface area contributed by atoms with Gasteiger partial charge in [0.05, 0.1) is 9.64 Å². The number of rotatable bonds is 6. The number of sulfonamides is 1. The SMILES string of the molecule is Cc1ccc(S(=O)(=O)NC(=O)N(O)C2N(CCc3ccccc3F)C(=S)SC2(C)C)cc1. The summed E-state index contributed by atoms with van der Waals surface area (Å²) >= 11 is 6.70. The molecule has 1 aliphatic heterocycles. The Labute approximate surface area is 196 Å². The number of amides is 2. The summed E-state index contributed by atoms with van der Waals surface area (Å²) in [6, 6.07) is 11.1. The zero-order valence-corrected chi connectivity index (χ0v) is 20.2. The number of hydrogen-bond acceptors (Lipinski definition) is 6. The minimum absolute atomic E-state index is 0.100. The van der Waals surface area contributed by atoms with Crippen molar-refractivity contribution in [1.29, 1.82) is 0 Å². The van der Waals surface area contributed by atoms with Crippen LogP contribution in [0.2, 0.25) is 0 Å². The van der Waals surface area contributed by atoms with Crippen molar-refractivity contribution in [2.75, 3.05) is 6.54 Å². The van der Waals surface area contributed by atoms with E-state index in [0.717, 1.165) is 5.56 Å². The molecule has 0 aromatic heterocycles. The topological polar surface area (TPSA) is 90.0 Å². The molecule has 1 unspecified atom stereocenters. The molecule has 172 valence electrons. The van der Waals surface area contributed by atoms with Crippen LogP contribution in [0, 0.1) is 12.7 Å². The molecule has 1 aliphatic rings. The highest BCUT2D eigenvalue weighted by Gasteiger charge is 2.49. The van der Waals surface area contributed by atoms with Crippen LogP contribution in [0.4, 0.5) is 9.18 Å². The summed E-state index contributed by atoms with van der Waals surface area (Å²) < 4.78 is 40.7. The summed E-state index contributed by atoms with van der Waals surface area (Å²) in [6.07, 6.45) is -0.670. The summed E-state index contributed by atoms with van der Waals surface area (Å²) in [6.45, 7) is 5.60. The molecule has 2 amide bonds. The van der Waals surface area contributed by atoms with E-state index in [2.05, 4.69) is 0 Å². The first-order chi connectivity index (χ1) is 14.9. The Morgan fingerprint density at radius 1 is 1.25 bits per heavy atom. The third kappa shape index (κ3) is 5.22. The van der Waals surface area contributed by atoms with E-state index in [1.165, 1.54) is 30.0 Å². The van der Waals surface area contributed by atoms with Crippen molar-refractivity contribution in [3.05, 3.63) is 65.5 Å². The second-order valence-electron chi connectivity index (χ2n) is 7.95. The maximum absolute atomic E-state index is 14.0. The van der Waals surface area contributed by atoms with Gasteiger partial charge in [-0.2, -0.15) is 5.06 Å². The van der Waals surface area contributed by atoms with Crippen LogP contribution in [-0.2, 0) is 16.4 Å². The van der Waals surface area contributed by atoms with Crippen LogP contribution in [0.5, 0.6) is 0 Å². The Balaban J connectivity index is 1.78. The van der Waals surface area contributed by atoms with Crippen molar-refractivity contribution in [2.45, 2.75) is 43.0 Å². The number of nitrogens with zero attached hydrogens (tertiary/aromatic N) is 2. The van der Waals surface area contributed by atoms with E-state index in [4.69, 9.17) is 12.2 Å². The molecule has 2 aromatic carbocycles. The smallest absolute Gasteiger partial charge is 0.333 e. The van der Waals surface area contributed by atoms with E-state index in [1.807, 2.05) is 11.6 Å². The number of aryl methyl sites for hydroxylation is 1. The Morgan fingerprint density at radius 3 is 2.50 bits per heavy atom. The van der Waals surface area contributed by atoms with Crippen LogP contribution in [0.15, 0.2) is 53.4 Å². The minimum Gasteiger partial charge on any atom is -0.333 e. The monoisotopic (exact) mass is 497 g/mol. The molecule has 11 heteroatoms. The van der Waals surface area contributed by atoms with Gasteiger partial charge in [0.1, 0.15) is 16.3 Å². The minimum atomic E-state index is -4.19. The van der Waals surface area contributed by atoms with Crippen LogP contribution in [0.3, 0.4) is 0 Å². The maximum Gasteiger partial charge on any atom is 0.357 e. The molecule has 7 nitrogen and oxygen atoms in total. The zero-order valence-electron chi connectivity index (χ0n) is 17.8. The van der Waals surface area contributed by atoms with E-state index in [1.54, 1.807) is 49.1 Å². The second-order valence-corrected chi connectivity index (χ2v) is 11.9. The van der Waals surface area contributed by atoms with Crippen LogP contribution in [0.25, 0.3) is 0 Å². The van der Waals surface area contributed by atoms with Crippen LogP contribution >= 0.6 is 24.0 Å². The van der Waals surface area contributed by atoms with Gasteiger partial charge >= 0.3 is 6.03 Å². The molecule has 1 atom stereocenters. The van der Waals surface area contributed by atoms with Crippen molar-refractivity contribution in [3.63, 3.8) is 0 Å². The van der Waals surface area contributed by atoms with Gasteiger partial charge in [-0.3, -0.25) is 5.21 Å². The third-order valence-corrected chi connectivity index (χ3v) is 8.04. The molecule has 1 fully saturated rings. The van der Waals surface area contributed by atoms with Crippen LogP contribution < -0.4 is 4.72 Å². The van der Waals surface area contributed by atoms with Crippen molar-refractivity contribution in [1.82, 2.24) is 14.7 Å². The highest BCUT2D eigenvalue weighted by Crippen LogP contribution is 2.42. The second kappa shape index (κ2) is 9.34. The summed E-state index contributed by atoms with van der Waals surface area (Å²) in [7, 11) is -4.19. The largest absolute Gasteiger partial charge is 0.357 e. The van der Waals surface area contributed by atoms with Crippen LogP contribution in [0.1, 0.15) is 25.0 Å². The van der Waals surface area contributed by atoms with Gasteiger partial charge in [0.2, 0.25) is 0 Å². The fraction of sp³-hybridized carbons (Fsp3) is 0.333. The summed E-state index contributed by atoms with van der Waals surface area (Å²) in [5.74, 6) is -0.358. The van der Waals surface area contributed by atoms with Gasteiger partial charge < -0.3 is 4.90 Å². The van der Waals surface area contributed by atoms with Crippen LogP contribution in [-0.4, -0.2) is 51.4 Å². The molecule has 32 heavy (non-hydrogen) atoms. The third-order valence-electron chi connectivity index (χ3n) is 5.07. The standard InChI is InChI=1S/C21H24FN3O4S3/c1-14-8-10-16(11-9-14)32(28,29)23-19(26)25(27)18-21(2,3)31-20(30)24(18)13-12-15-6-4-5-7-17(15)22/h4-11,18,27H,12-13H2,1-3H3,(H,23,26). The van der Waals surface area contributed by atoms with E-state index in [0.29, 0.717) is 14.9 Å². The Morgan fingerprint density at radius 2 is 1.88 bits per heavy atom. The zero-order chi connectivity index (χ0) is 23.7. The van der Waals surface area contributed by atoms with E-state index in [9.17, 15) is 22.8 Å². The number of carbonyl (C=O) groups excluding carboxylic acids is 1. The number of halogens is 1. The van der Waals surface area contributed by atoms with Gasteiger partial charge in [-0.1, -0.05) is 59.9 Å². The number of hydrogen-bond donors (Lipinski definition) is 2. The highest BCUT2D eigenvalue weighted by atomic mass is 32.2. The number of thiocarbonyl (C=S) groups is 1. The van der Waals surface area contributed by atoms with Crippen molar-refractivity contribution in [3.8, 4) is 0 Å². The lowest BCUT2D eigenvalue weighted by atomic mass is 10.1. The average molecular weight is 498 g/mol. The van der Waals surface area contributed by atoms with E-state index in [-0.39, 0.29) is 23.7 Å². The summed E-state index contributed by atoms with van der Waals surface area (Å²) in [5.41, 5.74) is 1.34. The Kier molecular flexibility index (Phi) is 7.13. The van der Waals surface area contributed by atoms with E-state index < -0.39 is 27.0 Å². The average Bonchev–Trinajstić information content (AvgIpc) is 2.94. The molecular weight excluding hydrogens is 473 g/mol. The molecule has 0 aliphatic carbocycles. The quantitative estimate of drug-likeness (QED) is 0.355. The molecule has 0 bridgehead atoms. The first-order valence-corrected chi connectivity index (χ1v) is 12.5. The Hall–Kier alpha value is -2.21. The first-order valence-electron chi connectivity index (χ1n) is 9.77. The van der Waals surface area contributed by atoms with Gasteiger partial charge in [-0.25, -0.2) is 22.3 Å². The number of urea groups is 1. The van der Waals surface area contributed by atoms with Crippen molar-refractivity contribution >= 4 is 44.4 Å². The number of thioether (sulfide) groups is 1. The van der Waals surface area contributed by atoms with Gasteiger partial charge in [0.15, 0.2) is 0 Å². The molecule has 1 heterocycles. The summed E-state index contributed by atoms with van der Waals surface area (Å²) in [5, 5.41) is 11.1. The summed E-state index contributed by atoms with van der Waals surface area (Å²) in [4.78, 5) is 14.2. The predicted octanol–water partition coefficient (Wildman–Crippen LogP) is 3.90. The molecule has 0 spiro atoms. The lowest BCUT2D eigenvalue weighted by molar-refractivity contribution is -0.116. The number of benzene rings is 2. The van der Waals surface area contributed by atoms with Crippen molar-refractivity contribution < 1.29 is 22.8 Å². The lowest BCUT2D eigenvalue weighted by Gasteiger charge is -2.36. The maximum atomic E-state index is 14.0. The molecule has 2 N–H and O–H groups in total. The molecule has 2 aromatic rings. The van der Waals surface area contributed by atoms with Crippen molar-refractivity contribution in [2.24, 2.45) is 0 Å². The molecule has 3 rings (SSSR count). The normalized spacial score (nSPS) is 18.0. The van der Waals surface area contributed by atoms with Gasteiger partial charge in [-0.15, -0.1) is 0 Å². The van der Waals surface area contributed by atoms with Gasteiger partial charge in [0.25, 0.3) is 10.0 Å². The highest BCUT2D eigenvalue weighted by molar-refractivity contribution is 8.24. The van der Waals surface area contributed by atoms with E-state index >= 15 is 0 Å². The fourth-order valence-corrected chi connectivity index (χ4v) is 6.30. The number of hydroxylamine groups is 2. The van der Waals surface area contributed by atoms with Gasteiger partial charge in [0, 0.05) is 6.54 Å². The molecule has 0 radical (unpaired) electrons. The molecule has 0 saturated carbocycles. The molecular formula is C21H24FN3O4S3. The fourth-order valence-electron chi connectivity index (χ4n) is 3.44. The first kappa shape index (κ1) is 24.4. The predicted molar refractivity (Wildman–Crippen MR) is 125 cm³/mol. The van der Waals surface area contributed by atoms with Gasteiger partial charge in [-0.05, 0) is 51.0 Å². The number of carbonyl (C=O) groups is 1. The molecule has 1 saturated heterocycles. The number of nitrogens with one attached hydrogen (secondary N) is 1. The Bertz CT molecular complexity index is 1120.